The molecule has 2 saturated heterocycles. The van der Waals surface area contributed by atoms with E-state index in [1.807, 2.05) is 54.6 Å². The fourth-order valence-corrected chi connectivity index (χ4v) is 6.33. The molecule has 1 unspecified atom stereocenters. The summed E-state index contributed by atoms with van der Waals surface area (Å²) in [5.74, 6) is -1.66. The summed E-state index contributed by atoms with van der Waals surface area (Å²) in [6, 6.07) is 25.5. The highest BCUT2D eigenvalue weighted by Gasteiger charge is 2.48. The van der Waals surface area contributed by atoms with Crippen molar-refractivity contribution in [2.45, 2.75) is 43.0 Å². The van der Waals surface area contributed by atoms with Crippen LogP contribution in [0.2, 0.25) is 0 Å². The number of hydrogen-bond acceptors (Lipinski definition) is 6. The van der Waals surface area contributed by atoms with Crippen LogP contribution in [0.15, 0.2) is 78.9 Å². The number of amides is 2. The number of fused-ring (bicyclic) bond motifs is 3. The number of likely N-dealkylation sites (tertiary alicyclic amines) is 1. The van der Waals surface area contributed by atoms with E-state index in [2.05, 4.69) is 39.8 Å². The van der Waals surface area contributed by atoms with E-state index in [1.165, 1.54) is 0 Å². The monoisotopic (exact) mass is 555 g/mol. The Morgan fingerprint density at radius 2 is 1.61 bits per heavy atom. The zero-order chi connectivity index (χ0) is 28.4. The van der Waals surface area contributed by atoms with E-state index >= 15 is 0 Å². The Labute approximate surface area is 238 Å². The second kappa shape index (κ2) is 11.3. The van der Waals surface area contributed by atoms with Gasteiger partial charge in [-0.3, -0.25) is 9.69 Å². The quantitative estimate of drug-likeness (QED) is 0.389. The van der Waals surface area contributed by atoms with Crippen molar-refractivity contribution in [1.82, 2.24) is 15.5 Å². The highest BCUT2D eigenvalue weighted by atomic mass is 16.5. The molecule has 3 aromatic rings. The maximum absolute atomic E-state index is 13.8. The van der Waals surface area contributed by atoms with Crippen LogP contribution in [0.25, 0.3) is 11.1 Å². The smallest absolute Gasteiger partial charge is 0.408 e. The molecule has 0 bridgehead atoms. The number of carbonyl (C=O) groups is 3. The molecule has 0 spiro atoms. The lowest BCUT2D eigenvalue weighted by molar-refractivity contribution is -0.148. The minimum atomic E-state index is -1.27. The fraction of sp³-hybridized carbons (Fsp3) is 0.344. The number of carboxylic acids is 1. The minimum absolute atomic E-state index is 0.108. The molecule has 0 saturated carbocycles. The van der Waals surface area contributed by atoms with Crippen molar-refractivity contribution >= 4 is 18.0 Å². The molecule has 6 rings (SSSR count). The number of hydrogen-bond donors (Lipinski definition) is 3. The van der Waals surface area contributed by atoms with Crippen LogP contribution in [0.5, 0.6) is 0 Å². The lowest BCUT2D eigenvalue weighted by Crippen LogP contribution is -2.62. The molecule has 3 atom stereocenters. The van der Waals surface area contributed by atoms with Crippen LogP contribution in [0.4, 0.5) is 4.79 Å². The number of alkyl carbamates (subject to hydrolysis) is 1. The molecular weight excluding hydrogens is 522 g/mol. The van der Waals surface area contributed by atoms with Gasteiger partial charge in [0, 0.05) is 32.2 Å². The predicted molar refractivity (Wildman–Crippen MR) is 151 cm³/mol. The number of benzene rings is 3. The van der Waals surface area contributed by atoms with Crippen LogP contribution in [-0.2, 0) is 25.6 Å². The molecule has 41 heavy (non-hydrogen) atoms. The number of nitrogens with one attached hydrogen (secondary N) is 2. The summed E-state index contributed by atoms with van der Waals surface area (Å²) in [5, 5.41) is 15.3. The summed E-state index contributed by atoms with van der Waals surface area (Å²) in [6.45, 7) is 1.84. The molecule has 2 aliphatic heterocycles. The van der Waals surface area contributed by atoms with E-state index < -0.39 is 35.7 Å². The summed E-state index contributed by atoms with van der Waals surface area (Å²) in [4.78, 5) is 40.8. The lowest BCUT2D eigenvalue weighted by atomic mass is 9.96. The predicted octanol–water partition coefficient (Wildman–Crippen LogP) is 3.53. The molecule has 212 valence electrons. The molecule has 2 heterocycles. The van der Waals surface area contributed by atoms with Gasteiger partial charge in [-0.15, -0.1) is 0 Å². The molecule has 0 radical (unpaired) electrons. The van der Waals surface area contributed by atoms with Crippen LogP contribution in [-0.4, -0.2) is 72.0 Å². The number of carbonyl (C=O) groups excluding carboxylic acids is 2. The second-order valence-corrected chi connectivity index (χ2v) is 11.0. The van der Waals surface area contributed by atoms with Gasteiger partial charge in [0.15, 0.2) is 6.10 Å². The topological polar surface area (TPSA) is 117 Å². The molecule has 1 aliphatic carbocycles. The third kappa shape index (κ3) is 5.42. The number of ether oxygens (including phenoxy) is 2. The van der Waals surface area contributed by atoms with Crippen LogP contribution in [0.3, 0.4) is 0 Å². The normalized spacial score (nSPS) is 23.5. The van der Waals surface area contributed by atoms with Gasteiger partial charge >= 0.3 is 12.1 Å². The molecule has 9 nitrogen and oxygen atoms in total. The Kier molecular flexibility index (Phi) is 7.47. The first-order chi connectivity index (χ1) is 19.9. The molecule has 0 aromatic heterocycles. The molecule has 9 heteroatoms. The van der Waals surface area contributed by atoms with E-state index in [0.29, 0.717) is 25.9 Å². The summed E-state index contributed by atoms with van der Waals surface area (Å²) in [5.41, 5.74) is 4.29. The first-order valence-electron chi connectivity index (χ1n) is 14.0. The highest BCUT2D eigenvalue weighted by molar-refractivity contribution is 5.91. The van der Waals surface area contributed by atoms with Crippen molar-refractivity contribution in [3.05, 3.63) is 95.6 Å². The molecular formula is C32H33N3O6. The largest absolute Gasteiger partial charge is 0.479 e. The van der Waals surface area contributed by atoms with Crippen LogP contribution >= 0.6 is 0 Å². The van der Waals surface area contributed by atoms with Gasteiger partial charge in [0.2, 0.25) is 5.91 Å². The Bertz CT molecular complexity index is 1400. The molecule has 2 fully saturated rings. The maximum Gasteiger partial charge on any atom is 0.408 e. The third-order valence-corrected chi connectivity index (χ3v) is 8.37. The SMILES string of the molecule is O=C(NC1(C(=O)N[C@H]2CCO[C@H]2C(=O)O)CCN(Cc2ccccc2)C1)OCC1c2ccccc2-c2ccccc21. The maximum atomic E-state index is 13.8. The average molecular weight is 556 g/mol. The van der Waals surface area contributed by atoms with E-state index in [4.69, 9.17) is 9.47 Å². The van der Waals surface area contributed by atoms with Crippen molar-refractivity contribution in [1.29, 1.82) is 0 Å². The number of rotatable bonds is 8. The van der Waals surface area contributed by atoms with Crippen molar-refractivity contribution in [2.75, 3.05) is 26.3 Å². The third-order valence-electron chi connectivity index (χ3n) is 8.37. The van der Waals surface area contributed by atoms with Crippen LogP contribution in [0, 0.1) is 0 Å². The van der Waals surface area contributed by atoms with Gasteiger partial charge in [0.1, 0.15) is 12.1 Å². The van der Waals surface area contributed by atoms with Crippen LogP contribution < -0.4 is 10.6 Å². The zero-order valence-corrected chi connectivity index (χ0v) is 22.6. The van der Waals surface area contributed by atoms with E-state index in [1.54, 1.807) is 0 Å². The van der Waals surface area contributed by atoms with Gasteiger partial charge in [-0.05, 0) is 40.7 Å². The van der Waals surface area contributed by atoms with Gasteiger partial charge in [-0.25, -0.2) is 9.59 Å². The van der Waals surface area contributed by atoms with Crippen molar-refractivity contribution in [2.24, 2.45) is 0 Å². The van der Waals surface area contributed by atoms with Crippen molar-refractivity contribution in [3.63, 3.8) is 0 Å². The first-order valence-corrected chi connectivity index (χ1v) is 14.0. The molecule has 3 aromatic carbocycles. The Balaban J connectivity index is 1.18. The van der Waals surface area contributed by atoms with Crippen LogP contribution in [0.1, 0.15) is 35.4 Å². The average Bonchev–Trinajstić information content (AvgIpc) is 3.69. The van der Waals surface area contributed by atoms with E-state index in [9.17, 15) is 19.5 Å². The molecule has 3 N–H and O–H groups in total. The van der Waals surface area contributed by atoms with E-state index in [0.717, 1.165) is 27.8 Å². The Morgan fingerprint density at radius 3 is 2.29 bits per heavy atom. The highest BCUT2D eigenvalue weighted by Crippen LogP contribution is 2.44. The molecule has 3 aliphatic rings. The lowest BCUT2D eigenvalue weighted by Gasteiger charge is -2.31. The fourth-order valence-electron chi connectivity index (χ4n) is 6.33. The summed E-state index contributed by atoms with van der Waals surface area (Å²) in [7, 11) is 0. The van der Waals surface area contributed by atoms with Gasteiger partial charge in [-0.1, -0.05) is 78.9 Å². The van der Waals surface area contributed by atoms with Gasteiger partial charge < -0.3 is 25.2 Å². The second-order valence-electron chi connectivity index (χ2n) is 11.0. The number of nitrogens with zero attached hydrogens (tertiary/aromatic N) is 1. The number of aliphatic carboxylic acids is 1. The van der Waals surface area contributed by atoms with Crippen molar-refractivity contribution < 1.29 is 29.0 Å². The van der Waals surface area contributed by atoms with Gasteiger partial charge in [0.05, 0.1) is 6.04 Å². The first kappa shape index (κ1) is 27.0. The minimum Gasteiger partial charge on any atom is -0.479 e. The zero-order valence-electron chi connectivity index (χ0n) is 22.6. The molecule has 2 amide bonds. The summed E-state index contributed by atoms with van der Waals surface area (Å²) >= 11 is 0. The summed E-state index contributed by atoms with van der Waals surface area (Å²) in [6.07, 6.45) is -1.05. The number of carboxylic acid groups (broad SMARTS) is 1. The Hall–Kier alpha value is -4.21. The summed E-state index contributed by atoms with van der Waals surface area (Å²) < 4.78 is 11.1. The van der Waals surface area contributed by atoms with Crippen molar-refractivity contribution in [3.8, 4) is 11.1 Å². The van der Waals surface area contributed by atoms with Gasteiger partial charge in [-0.2, -0.15) is 0 Å². The van der Waals surface area contributed by atoms with E-state index in [-0.39, 0.29) is 25.7 Å². The standard InChI is InChI=1S/C32H33N3O6/c36-29(37)28-27(14-17-40-28)33-30(38)32(15-16-35(20-32)18-21-8-2-1-3-9-21)34-31(39)41-19-26-24-12-6-4-10-22(24)23-11-5-7-13-25(23)26/h1-13,26-28H,14-20H2,(H,33,38)(H,34,39)(H,36,37)/t27-,28+,32?/m0/s1. The van der Waals surface area contributed by atoms with Gasteiger partial charge in [0.25, 0.3) is 0 Å². The Morgan fingerprint density at radius 1 is 0.951 bits per heavy atom.